The third kappa shape index (κ3) is 5.38. The predicted octanol–water partition coefficient (Wildman–Crippen LogP) is 2.44. The average molecular weight is 440 g/mol. The molecular weight excluding hydrogens is 414 g/mol. The Labute approximate surface area is 185 Å². The summed E-state index contributed by atoms with van der Waals surface area (Å²) in [4.78, 5) is 42.3. The lowest BCUT2D eigenvalue weighted by Gasteiger charge is -2.31. The quantitative estimate of drug-likeness (QED) is 0.684. The zero-order valence-corrected chi connectivity index (χ0v) is 18.2. The van der Waals surface area contributed by atoms with Crippen LogP contribution in [0.2, 0.25) is 0 Å². The summed E-state index contributed by atoms with van der Waals surface area (Å²) in [5.74, 6) is 0.470. The first kappa shape index (κ1) is 21.2. The Bertz CT molecular complexity index is 975. The van der Waals surface area contributed by atoms with E-state index in [0.29, 0.717) is 5.75 Å². The van der Waals surface area contributed by atoms with Crippen LogP contribution >= 0.6 is 11.8 Å². The van der Waals surface area contributed by atoms with Crippen molar-refractivity contribution < 1.29 is 19.1 Å². The second-order valence-electron chi connectivity index (χ2n) is 7.68. The minimum atomic E-state index is -0.267. The number of para-hydroxylation sites is 1. The van der Waals surface area contributed by atoms with Crippen molar-refractivity contribution in [2.24, 2.45) is 0 Å². The number of thioether (sulfide) groups is 1. The molecule has 1 aliphatic carbocycles. The van der Waals surface area contributed by atoms with Crippen molar-refractivity contribution in [1.29, 1.82) is 0 Å². The fraction of sp³-hybridized carbons (Fsp3) is 0.348. The van der Waals surface area contributed by atoms with Crippen molar-refractivity contribution in [3.8, 4) is 5.75 Å². The number of carbonyl (C=O) groups is 3. The molecule has 2 aromatic carbocycles. The number of ether oxygens (including phenoxy) is 1. The van der Waals surface area contributed by atoms with Crippen LogP contribution < -0.4 is 15.0 Å². The van der Waals surface area contributed by atoms with Gasteiger partial charge < -0.3 is 19.9 Å². The van der Waals surface area contributed by atoms with Crippen LogP contribution in [0, 0.1) is 0 Å². The maximum atomic E-state index is 13.3. The number of fused-ring (bicyclic) bond motifs is 1. The zero-order chi connectivity index (χ0) is 21.8. The molecule has 8 heteroatoms. The van der Waals surface area contributed by atoms with Crippen LogP contribution in [-0.2, 0) is 20.9 Å². The molecule has 0 unspecified atom stereocenters. The number of hydrogen-bond acceptors (Lipinski definition) is 5. The Kier molecular flexibility index (Phi) is 6.46. The summed E-state index contributed by atoms with van der Waals surface area (Å²) in [5.41, 5.74) is 1.62. The van der Waals surface area contributed by atoms with Gasteiger partial charge in [0, 0.05) is 17.5 Å². The number of anilines is 1. The van der Waals surface area contributed by atoms with E-state index in [1.165, 1.54) is 21.6 Å². The summed E-state index contributed by atoms with van der Waals surface area (Å²) in [6, 6.07) is 15.2. The molecule has 0 aromatic heterocycles. The Balaban J connectivity index is 1.51. The number of nitrogens with zero attached hydrogens (tertiary/aromatic N) is 2. The molecule has 1 heterocycles. The first-order valence-electron chi connectivity index (χ1n) is 10.3. The van der Waals surface area contributed by atoms with E-state index < -0.39 is 0 Å². The summed E-state index contributed by atoms with van der Waals surface area (Å²) in [6.45, 7) is 0.141. The number of hydrogen-bond donors (Lipinski definition) is 1. The molecule has 0 spiro atoms. The van der Waals surface area contributed by atoms with Gasteiger partial charge in [-0.2, -0.15) is 0 Å². The topological polar surface area (TPSA) is 79.0 Å². The number of carbonyl (C=O) groups excluding carboxylic acids is 3. The molecule has 0 bridgehead atoms. The lowest BCUT2D eigenvalue weighted by atomic mass is 10.2. The summed E-state index contributed by atoms with van der Waals surface area (Å²) in [5, 5.41) is 2.93. The largest absolute Gasteiger partial charge is 0.497 e. The summed E-state index contributed by atoms with van der Waals surface area (Å²) < 4.78 is 5.19. The van der Waals surface area contributed by atoms with Crippen molar-refractivity contribution in [2.75, 3.05) is 30.9 Å². The van der Waals surface area contributed by atoms with E-state index in [1.807, 2.05) is 48.5 Å². The molecular formula is C23H25N3O4S. The van der Waals surface area contributed by atoms with Gasteiger partial charge in [0.25, 0.3) is 0 Å². The Hall–Kier alpha value is -3.00. The van der Waals surface area contributed by atoms with Crippen molar-refractivity contribution in [3.63, 3.8) is 0 Å². The highest BCUT2D eigenvalue weighted by molar-refractivity contribution is 8.00. The molecule has 1 aliphatic heterocycles. The molecule has 2 aromatic rings. The van der Waals surface area contributed by atoms with Gasteiger partial charge in [0.1, 0.15) is 12.3 Å². The highest BCUT2D eigenvalue weighted by Gasteiger charge is 2.30. The van der Waals surface area contributed by atoms with Gasteiger partial charge in [-0.1, -0.05) is 24.3 Å². The van der Waals surface area contributed by atoms with Gasteiger partial charge in [-0.3, -0.25) is 14.4 Å². The van der Waals surface area contributed by atoms with Crippen LogP contribution in [0.1, 0.15) is 18.4 Å². The molecule has 1 fully saturated rings. The van der Waals surface area contributed by atoms with Gasteiger partial charge in [0.05, 0.1) is 25.1 Å². The maximum absolute atomic E-state index is 13.3. The summed E-state index contributed by atoms with van der Waals surface area (Å²) in [6.07, 6.45) is 1.96. The number of nitrogens with one attached hydrogen (secondary N) is 1. The molecule has 31 heavy (non-hydrogen) atoms. The van der Waals surface area contributed by atoms with E-state index in [9.17, 15) is 14.4 Å². The molecule has 162 valence electrons. The van der Waals surface area contributed by atoms with E-state index in [-0.39, 0.29) is 43.4 Å². The van der Waals surface area contributed by atoms with E-state index in [1.54, 1.807) is 7.11 Å². The van der Waals surface area contributed by atoms with E-state index in [0.717, 1.165) is 34.7 Å². The Morgan fingerprint density at radius 1 is 1.16 bits per heavy atom. The van der Waals surface area contributed by atoms with E-state index in [4.69, 9.17) is 4.74 Å². The molecule has 2 aliphatic rings. The Morgan fingerprint density at radius 2 is 1.90 bits per heavy atom. The van der Waals surface area contributed by atoms with Crippen LogP contribution in [0.25, 0.3) is 0 Å². The van der Waals surface area contributed by atoms with Crippen LogP contribution in [0.4, 0.5) is 5.69 Å². The van der Waals surface area contributed by atoms with Gasteiger partial charge in [-0.15, -0.1) is 11.8 Å². The van der Waals surface area contributed by atoms with Crippen molar-refractivity contribution in [3.05, 3.63) is 54.1 Å². The standard InChI is InChI=1S/C23H25N3O4S/c1-30-18-10-6-16(7-11-18)12-25(13-21(27)24-17-8-9-17)22(28)14-26-19-4-2-3-5-20(19)31-15-23(26)29/h2-7,10-11,17H,8-9,12-15H2,1H3,(H,24,27). The summed E-state index contributed by atoms with van der Waals surface area (Å²) in [7, 11) is 1.60. The van der Waals surface area contributed by atoms with Crippen LogP contribution in [-0.4, -0.2) is 54.6 Å². The Morgan fingerprint density at radius 3 is 2.61 bits per heavy atom. The highest BCUT2D eigenvalue weighted by atomic mass is 32.2. The number of methoxy groups -OCH3 is 1. The maximum Gasteiger partial charge on any atom is 0.243 e. The average Bonchev–Trinajstić information content (AvgIpc) is 3.59. The minimum Gasteiger partial charge on any atom is -0.497 e. The monoisotopic (exact) mass is 439 g/mol. The predicted molar refractivity (Wildman–Crippen MR) is 119 cm³/mol. The number of benzene rings is 2. The number of rotatable bonds is 8. The van der Waals surface area contributed by atoms with Gasteiger partial charge in [0.15, 0.2) is 0 Å². The van der Waals surface area contributed by atoms with Crippen LogP contribution in [0.15, 0.2) is 53.4 Å². The summed E-state index contributed by atoms with van der Waals surface area (Å²) >= 11 is 1.47. The minimum absolute atomic E-state index is 0.0419. The van der Waals surface area contributed by atoms with Crippen LogP contribution in [0.3, 0.4) is 0 Å². The van der Waals surface area contributed by atoms with Crippen LogP contribution in [0.5, 0.6) is 5.75 Å². The van der Waals surface area contributed by atoms with E-state index >= 15 is 0 Å². The first-order chi connectivity index (χ1) is 15.0. The lowest BCUT2D eigenvalue weighted by Crippen LogP contribution is -2.47. The normalized spacial score (nSPS) is 15.3. The molecule has 0 saturated heterocycles. The molecule has 1 N–H and O–H groups in total. The van der Waals surface area contributed by atoms with Gasteiger partial charge in [-0.25, -0.2) is 0 Å². The number of amides is 3. The highest BCUT2D eigenvalue weighted by Crippen LogP contribution is 2.34. The van der Waals surface area contributed by atoms with Gasteiger partial charge in [-0.05, 0) is 42.7 Å². The van der Waals surface area contributed by atoms with Crippen molar-refractivity contribution in [2.45, 2.75) is 30.3 Å². The third-order valence-electron chi connectivity index (χ3n) is 5.26. The SMILES string of the molecule is COc1ccc(CN(CC(=O)NC2CC2)C(=O)CN2C(=O)CSc3ccccc32)cc1. The second-order valence-corrected chi connectivity index (χ2v) is 8.69. The zero-order valence-electron chi connectivity index (χ0n) is 17.4. The third-order valence-corrected chi connectivity index (χ3v) is 6.31. The molecule has 3 amide bonds. The first-order valence-corrected chi connectivity index (χ1v) is 11.2. The van der Waals surface area contributed by atoms with Crippen molar-refractivity contribution >= 4 is 35.2 Å². The fourth-order valence-electron chi connectivity index (χ4n) is 3.42. The van der Waals surface area contributed by atoms with Gasteiger partial charge >= 0.3 is 0 Å². The molecule has 0 radical (unpaired) electrons. The smallest absolute Gasteiger partial charge is 0.243 e. The fourth-order valence-corrected chi connectivity index (χ4v) is 4.36. The van der Waals surface area contributed by atoms with Gasteiger partial charge in [0.2, 0.25) is 17.7 Å². The second kappa shape index (κ2) is 9.43. The lowest BCUT2D eigenvalue weighted by molar-refractivity contribution is -0.136. The van der Waals surface area contributed by atoms with E-state index in [2.05, 4.69) is 5.32 Å². The molecule has 0 atom stereocenters. The molecule has 7 nitrogen and oxygen atoms in total. The molecule has 1 saturated carbocycles. The van der Waals surface area contributed by atoms with Crippen molar-refractivity contribution in [1.82, 2.24) is 10.2 Å². The molecule has 4 rings (SSSR count).